The second kappa shape index (κ2) is 4.80. The Bertz CT molecular complexity index is 491. The normalized spacial score (nSPS) is 10.7. The molecule has 0 amide bonds. The molecule has 0 spiro atoms. The van der Waals surface area contributed by atoms with E-state index in [2.05, 4.69) is 44.5 Å². The van der Waals surface area contributed by atoms with Crippen LogP contribution in [0.25, 0.3) is 5.69 Å². The SMILES string of the molecule is Cc1cc(Br)ccc1-n1cncc1CCN. The summed E-state index contributed by atoms with van der Waals surface area (Å²) in [4.78, 5) is 4.18. The van der Waals surface area contributed by atoms with Gasteiger partial charge in [0.25, 0.3) is 0 Å². The van der Waals surface area contributed by atoms with Gasteiger partial charge in [-0.1, -0.05) is 15.9 Å². The minimum absolute atomic E-state index is 0.640. The van der Waals surface area contributed by atoms with Crippen LogP contribution in [0.4, 0.5) is 0 Å². The van der Waals surface area contributed by atoms with Gasteiger partial charge in [0.05, 0.1) is 6.33 Å². The maximum absolute atomic E-state index is 5.58. The lowest BCUT2D eigenvalue weighted by Crippen LogP contribution is -2.08. The molecular weight excluding hydrogens is 266 g/mol. The number of nitrogens with zero attached hydrogens (tertiary/aromatic N) is 2. The maximum Gasteiger partial charge on any atom is 0.0994 e. The molecule has 0 aliphatic rings. The number of nitrogens with two attached hydrogens (primary N) is 1. The lowest BCUT2D eigenvalue weighted by molar-refractivity contribution is 0.870. The molecule has 1 heterocycles. The fourth-order valence-electron chi connectivity index (χ4n) is 1.76. The molecule has 4 heteroatoms. The lowest BCUT2D eigenvalue weighted by Gasteiger charge is -2.10. The van der Waals surface area contributed by atoms with E-state index in [1.165, 1.54) is 5.56 Å². The first kappa shape index (κ1) is 11.4. The minimum atomic E-state index is 0.640. The second-order valence-electron chi connectivity index (χ2n) is 3.72. The molecule has 0 fully saturated rings. The molecule has 2 rings (SSSR count). The van der Waals surface area contributed by atoms with E-state index >= 15 is 0 Å². The molecule has 0 saturated heterocycles. The average molecular weight is 280 g/mol. The van der Waals surface area contributed by atoms with E-state index in [1.807, 2.05) is 18.6 Å². The van der Waals surface area contributed by atoms with E-state index in [9.17, 15) is 0 Å². The van der Waals surface area contributed by atoms with Gasteiger partial charge in [0.2, 0.25) is 0 Å². The number of benzene rings is 1. The summed E-state index contributed by atoms with van der Waals surface area (Å²) >= 11 is 3.46. The van der Waals surface area contributed by atoms with Crippen LogP contribution >= 0.6 is 15.9 Å². The van der Waals surface area contributed by atoms with Crippen LogP contribution in [0.3, 0.4) is 0 Å². The highest BCUT2D eigenvalue weighted by molar-refractivity contribution is 9.10. The molecule has 1 aromatic heterocycles. The van der Waals surface area contributed by atoms with E-state index in [0.29, 0.717) is 6.54 Å². The fourth-order valence-corrected chi connectivity index (χ4v) is 2.24. The Kier molecular flexibility index (Phi) is 3.41. The fraction of sp³-hybridized carbons (Fsp3) is 0.250. The zero-order valence-electron chi connectivity index (χ0n) is 9.15. The Morgan fingerprint density at radius 2 is 2.25 bits per heavy atom. The standard InChI is InChI=1S/C12H14BrN3/c1-9-6-10(13)2-3-12(9)16-8-15-7-11(16)4-5-14/h2-3,6-8H,4-5,14H2,1H3. The molecule has 0 saturated carbocycles. The largest absolute Gasteiger partial charge is 0.330 e. The molecule has 0 aliphatic heterocycles. The smallest absolute Gasteiger partial charge is 0.0994 e. The molecule has 0 radical (unpaired) electrons. The van der Waals surface area contributed by atoms with Gasteiger partial charge < -0.3 is 10.3 Å². The summed E-state index contributed by atoms with van der Waals surface area (Å²) in [6.45, 7) is 2.73. The number of hydrogen-bond acceptors (Lipinski definition) is 2. The van der Waals surface area contributed by atoms with Gasteiger partial charge in [0.1, 0.15) is 0 Å². The van der Waals surface area contributed by atoms with E-state index in [1.54, 1.807) is 0 Å². The van der Waals surface area contributed by atoms with Crippen molar-refractivity contribution in [1.82, 2.24) is 9.55 Å². The van der Waals surface area contributed by atoms with Crippen molar-refractivity contribution < 1.29 is 0 Å². The van der Waals surface area contributed by atoms with Crippen molar-refractivity contribution >= 4 is 15.9 Å². The highest BCUT2D eigenvalue weighted by atomic mass is 79.9. The van der Waals surface area contributed by atoms with Crippen molar-refractivity contribution in [1.29, 1.82) is 0 Å². The monoisotopic (exact) mass is 279 g/mol. The third-order valence-corrected chi connectivity index (χ3v) is 3.03. The topological polar surface area (TPSA) is 43.8 Å². The second-order valence-corrected chi connectivity index (χ2v) is 4.64. The number of aromatic nitrogens is 2. The van der Waals surface area contributed by atoms with E-state index in [4.69, 9.17) is 5.73 Å². The number of rotatable bonds is 3. The molecular formula is C12H14BrN3. The Hall–Kier alpha value is -1.13. The van der Waals surface area contributed by atoms with Crippen molar-refractivity contribution in [3.8, 4) is 5.69 Å². The van der Waals surface area contributed by atoms with Crippen LogP contribution in [-0.4, -0.2) is 16.1 Å². The average Bonchev–Trinajstić information content (AvgIpc) is 2.67. The van der Waals surface area contributed by atoms with E-state index in [0.717, 1.165) is 22.3 Å². The number of aryl methyl sites for hydroxylation is 1. The summed E-state index contributed by atoms with van der Waals surface area (Å²) in [5.74, 6) is 0. The third-order valence-electron chi connectivity index (χ3n) is 2.53. The first-order chi connectivity index (χ1) is 7.72. The van der Waals surface area contributed by atoms with Crippen LogP contribution in [-0.2, 0) is 6.42 Å². The molecule has 2 aromatic rings. The van der Waals surface area contributed by atoms with Crippen molar-refractivity contribution in [2.24, 2.45) is 5.73 Å². The zero-order chi connectivity index (χ0) is 11.5. The van der Waals surface area contributed by atoms with E-state index in [-0.39, 0.29) is 0 Å². The van der Waals surface area contributed by atoms with Gasteiger partial charge in [0, 0.05) is 28.5 Å². The molecule has 0 unspecified atom stereocenters. The highest BCUT2D eigenvalue weighted by Gasteiger charge is 2.06. The Labute approximate surface area is 103 Å². The quantitative estimate of drug-likeness (QED) is 0.938. The Morgan fingerprint density at radius 1 is 1.44 bits per heavy atom. The van der Waals surface area contributed by atoms with Gasteiger partial charge in [-0.15, -0.1) is 0 Å². The summed E-state index contributed by atoms with van der Waals surface area (Å²) in [7, 11) is 0. The summed E-state index contributed by atoms with van der Waals surface area (Å²) < 4.78 is 3.18. The molecule has 16 heavy (non-hydrogen) atoms. The van der Waals surface area contributed by atoms with Gasteiger partial charge in [-0.05, 0) is 37.2 Å². The van der Waals surface area contributed by atoms with Crippen LogP contribution in [0, 0.1) is 6.92 Å². The van der Waals surface area contributed by atoms with Crippen LogP contribution in [0.2, 0.25) is 0 Å². The first-order valence-electron chi connectivity index (χ1n) is 5.20. The van der Waals surface area contributed by atoms with Gasteiger partial charge in [-0.3, -0.25) is 0 Å². The van der Waals surface area contributed by atoms with Crippen LogP contribution in [0.15, 0.2) is 35.2 Å². The summed E-state index contributed by atoms with van der Waals surface area (Å²) in [5, 5.41) is 0. The molecule has 0 bridgehead atoms. The Balaban J connectivity index is 2.46. The molecule has 0 aliphatic carbocycles. The Morgan fingerprint density at radius 3 is 2.94 bits per heavy atom. The highest BCUT2D eigenvalue weighted by Crippen LogP contribution is 2.20. The van der Waals surface area contributed by atoms with Gasteiger partial charge in [-0.25, -0.2) is 4.98 Å². The summed E-state index contributed by atoms with van der Waals surface area (Å²) in [6.07, 6.45) is 4.55. The lowest BCUT2D eigenvalue weighted by atomic mass is 10.2. The van der Waals surface area contributed by atoms with Crippen molar-refractivity contribution in [2.75, 3.05) is 6.54 Å². The van der Waals surface area contributed by atoms with Crippen LogP contribution in [0.5, 0.6) is 0 Å². The van der Waals surface area contributed by atoms with E-state index < -0.39 is 0 Å². The third kappa shape index (κ3) is 2.18. The number of imidazole rings is 1. The maximum atomic E-state index is 5.58. The molecule has 0 atom stereocenters. The molecule has 3 nitrogen and oxygen atoms in total. The van der Waals surface area contributed by atoms with Crippen molar-refractivity contribution in [3.63, 3.8) is 0 Å². The molecule has 1 aromatic carbocycles. The van der Waals surface area contributed by atoms with Gasteiger partial charge in [0.15, 0.2) is 0 Å². The molecule has 84 valence electrons. The predicted octanol–water partition coefficient (Wildman–Crippen LogP) is 2.44. The molecule has 2 N–H and O–H groups in total. The summed E-state index contributed by atoms with van der Waals surface area (Å²) in [5.41, 5.74) is 9.10. The van der Waals surface area contributed by atoms with Crippen LogP contribution in [0.1, 0.15) is 11.3 Å². The summed E-state index contributed by atoms with van der Waals surface area (Å²) in [6, 6.07) is 6.22. The van der Waals surface area contributed by atoms with Crippen molar-refractivity contribution in [2.45, 2.75) is 13.3 Å². The van der Waals surface area contributed by atoms with Gasteiger partial charge >= 0.3 is 0 Å². The van der Waals surface area contributed by atoms with Gasteiger partial charge in [-0.2, -0.15) is 0 Å². The first-order valence-corrected chi connectivity index (χ1v) is 5.99. The zero-order valence-corrected chi connectivity index (χ0v) is 10.7. The minimum Gasteiger partial charge on any atom is -0.330 e. The number of halogens is 1. The predicted molar refractivity (Wildman–Crippen MR) is 68.8 cm³/mol. The van der Waals surface area contributed by atoms with Crippen LogP contribution < -0.4 is 5.73 Å². The number of hydrogen-bond donors (Lipinski definition) is 1. The van der Waals surface area contributed by atoms with Crippen molar-refractivity contribution in [3.05, 3.63) is 46.5 Å².